The van der Waals surface area contributed by atoms with Gasteiger partial charge < -0.3 is 9.64 Å². The average Bonchev–Trinajstić information content (AvgIpc) is 2.54. The molecule has 0 heterocycles. The zero-order valence-corrected chi connectivity index (χ0v) is 15.1. The van der Waals surface area contributed by atoms with Gasteiger partial charge in [0.05, 0.1) is 0 Å². The maximum atomic E-state index is 11.5. The Balaban J connectivity index is 3.92. The predicted octanol–water partition coefficient (Wildman–Crippen LogP) is 4.96. The molecule has 0 saturated carbocycles. The first-order valence-corrected chi connectivity index (χ1v) is 9.23. The Morgan fingerprint density at radius 1 is 1.00 bits per heavy atom. The highest BCUT2D eigenvalue weighted by Crippen LogP contribution is 2.13. The summed E-state index contributed by atoms with van der Waals surface area (Å²) in [6, 6.07) is 0. The summed E-state index contributed by atoms with van der Waals surface area (Å²) in [7, 11) is 0. The number of unbranched alkanes of at least 4 members (excludes halogenated alkanes) is 7. The fraction of sp³-hybridized carbons (Fsp3) is 0.842. The van der Waals surface area contributed by atoms with E-state index < -0.39 is 0 Å². The van der Waals surface area contributed by atoms with Crippen molar-refractivity contribution in [2.75, 3.05) is 19.6 Å². The van der Waals surface area contributed by atoms with E-state index in [0.29, 0.717) is 0 Å². The van der Waals surface area contributed by atoms with Gasteiger partial charge in [0.1, 0.15) is 6.10 Å². The van der Waals surface area contributed by atoms with Crippen LogP contribution in [0.3, 0.4) is 0 Å². The fourth-order valence-corrected chi connectivity index (χ4v) is 2.68. The minimum Gasteiger partial charge on any atom is -0.458 e. The summed E-state index contributed by atoms with van der Waals surface area (Å²) in [6.45, 7) is 12.9. The Kier molecular flexibility index (Phi) is 14.5. The Hall–Kier alpha value is -0.830. The van der Waals surface area contributed by atoms with Gasteiger partial charge in [0.2, 0.25) is 0 Å². The van der Waals surface area contributed by atoms with Crippen LogP contribution in [0.1, 0.15) is 78.6 Å². The Labute approximate surface area is 138 Å². The summed E-state index contributed by atoms with van der Waals surface area (Å²) in [5.74, 6) is -0.295. The van der Waals surface area contributed by atoms with Gasteiger partial charge in [-0.25, -0.2) is 4.79 Å². The van der Waals surface area contributed by atoms with E-state index in [1.54, 1.807) is 0 Å². The van der Waals surface area contributed by atoms with Crippen LogP contribution in [0.15, 0.2) is 12.7 Å². The molecule has 22 heavy (non-hydrogen) atoms. The largest absolute Gasteiger partial charge is 0.458 e. The Morgan fingerprint density at radius 3 is 2.05 bits per heavy atom. The van der Waals surface area contributed by atoms with Crippen LogP contribution >= 0.6 is 0 Å². The van der Waals surface area contributed by atoms with Gasteiger partial charge in [0.25, 0.3) is 0 Å². The molecule has 3 heteroatoms. The fourth-order valence-electron chi connectivity index (χ4n) is 2.68. The molecule has 0 amide bonds. The molecule has 0 aliphatic rings. The molecule has 1 unspecified atom stereocenters. The first-order chi connectivity index (χ1) is 10.7. The molecule has 0 aliphatic carbocycles. The van der Waals surface area contributed by atoms with Crippen molar-refractivity contribution in [2.24, 2.45) is 0 Å². The van der Waals surface area contributed by atoms with Gasteiger partial charge in [-0.05, 0) is 25.9 Å². The molecule has 0 bridgehead atoms. The average molecular weight is 312 g/mol. The van der Waals surface area contributed by atoms with Crippen LogP contribution in [0.25, 0.3) is 0 Å². The van der Waals surface area contributed by atoms with Gasteiger partial charge in [0.15, 0.2) is 0 Å². The van der Waals surface area contributed by atoms with Crippen molar-refractivity contribution in [1.29, 1.82) is 0 Å². The van der Waals surface area contributed by atoms with Crippen LogP contribution in [0, 0.1) is 0 Å². The van der Waals surface area contributed by atoms with E-state index in [2.05, 4.69) is 32.3 Å². The molecule has 0 saturated heterocycles. The van der Waals surface area contributed by atoms with Crippen molar-refractivity contribution in [3.8, 4) is 0 Å². The highest BCUT2D eigenvalue weighted by atomic mass is 16.5. The van der Waals surface area contributed by atoms with Crippen molar-refractivity contribution in [2.45, 2.75) is 84.7 Å². The number of carbonyl (C=O) groups is 1. The number of ether oxygens (including phenoxy) is 1. The zero-order valence-electron chi connectivity index (χ0n) is 15.1. The summed E-state index contributed by atoms with van der Waals surface area (Å²) in [5, 5.41) is 0. The van der Waals surface area contributed by atoms with Gasteiger partial charge in [-0.15, -0.1) is 0 Å². The number of rotatable bonds is 15. The molecule has 0 fully saturated rings. The lowest BCUT2D eigenvalue weighted by molar-refractivity contribution is -0.144. The number of likely N-dealkylation sites (N-methyl/N-ethyl adjacent to an activating group) is 1. The third-order valence-corrected chi connectivity index (χ3v) is 4.19. The summed E-state index contributed by atoms with van der Waals surface area (Å²) < 4.78 is 5.49. The van der Waals surface area contributed by atoms with Crippen molar-refractivity contribution < 1.29 is 9.53 Å². The molecule has 0 aromatic carbocycles. The number of esters is 1. The number of hydrogen-bond acceptors (Lipinski definition) is 3. The lowest BCUT2D eigenvalue weighted by Crippen LogP contribution is -2.34. The highest BCUT2D eigenvalue weighted by molar-refractivity contribution is 5.81. The minimum absolute atomic E-state index is 0.00508. The quantitative estimate of drug-likeness (QED) is 0.243. The molecule has 0 radical (unpaired) electrons. The third kappa shape index (κ3) is 11.8. The molecule has 0 aliphatic heterocycles. The number of hydrogen-bond donors (Lipinski definition) is 0. The van der Waals surface area contributed by atoms with Crippen molar-refractivity contribution >= 4 is 5.97 Å². The summed E-state index contributed by atoms with van der Waals surface area (Å²) >= 11 is 0. The molecular weight excluding hydrogens is 274 g/mol. The lowest BCUT2D eigenvalue weighted by Gasteiger charge is -2.25. The van der Waals surface area contributed by atoms with Crippen molar-refractivity contribution in [3.63, 3.8) is 0 Å². The summed E-state index contributed by atoms with van der Waals surface area (Å²) in [6.07, 6.45) is 12.7. The smallest absolute Gasteiger partial charge is 0.330 e. The van der Waals surface area contributed by atoms with E-state index in [1.807, 2.05) is 0 Å². The highest BCUT2D eigenvalue weighted by Gasteiger charge is 2.15. The van der Waals surface area contributed by atoms with E-state index in [-0.39, 0.29) is 12.1 Å². The van der Waals surface area contributed by atoms with E-state index in [1.165, 1.54) is 51.0 Å². The first-order valence-electron chi connectivity index (χ1n) is 9.23. The van der Waals surface area contributed by atoms with Gasteiger partial charge in [-0.2, -0.15) is 0 Å². The third-order valence-electron chi connectivity index (χ3n) is 4.19. The minimum atomic E-state index is -0.295. The molecule has 0 N–H and O–H groups in total. The summed E-state index contributed by atoms with van der Waals surface area (Å²) in [5.41, 5.74) is 0. The van der Waals surface area contributed by atoms with Crippen LogP contribution in [-0.2, 0) is 9.53 Å². The molecule has 3 nitrogen and oxygen atoms in total. The molecular formula is C19H37NO2. The molecule has 1 atom stereocenters. The van der Waals surface area contributed by atoms with Gasteiger partial charge in [0, 0.05) is 12.6 Å². The van der Waals surface area contributed by atoms with Crippen LogP contribution in [0.5, 0.6) is 0 Å². The summed E-state index contributed by atoms with van der Waals surface area (Å²) in [4.78, 5) is 13.8. The van der Waals surface area contributed by atoms with Crippen molar-refractivity contribution in [3.05, 3.63) is 12.7 Å². The monoisotopic (exact) mass is 311 g/mol. The predicted molar refractivity (Wildman–Crippen MR) is 95.1 cm³/mol. The second-order valence-corrected chi connectivity index (χ2v) is 6.01. The van der Waals surface area contributed by atoms with E-state index in [4.69, 9.17) is 4.74 Å². The van der Waals surface area contributed by atoms with Gasteiger partial charge in [-0.1, -0.05) is 72.3 Å². The number of carbonyl (C=O) groups excluding carboxylic acids is 1. The Morgan fingerprint density at radius 2 is 1.55 bits per heavy atom. The standard InChI is InChI=1S/C19H37NO2/c1-5-9-10-11-12-13-14-15-16-18(22-19(21)6-2)17-20(7-3)8-4/h6,18H,2,5,7-17H2,1,3-4H3. The van der Waals surface area contributed by atoms with Crippen LogP contribution in [0.4, 0.5) is 0 Å². The Bertz CT molecular complexity index is 275. The van der Waals surface area contributed by atoms with Crippen molar-refractivity contribution in [1.82, 2.24) is 4.90 Å². The maximum absolute atomic E-state index is 11.5. The van der Waals surface area contributed by atoms with Crippen LogP contribution in [-0.4, -0.2) is 36.6 Å². The topological polar surface area (TPSA) is 29.5 Å². The number of nitrogens with zero attached hydrogens (tertiary/aromatic N) is 1. The maximum Gasteiger partial charge on any atom is 0.330 e. The molecule has 0 rings (SSSR count). The lowest BCUT2D eigenvalue weighted by atomic mass is 10.1. The van der Waals surface area contributed by atoms with Crippen LogP contribution in [0.2, 0.25) is 0 Å². The molecule has 130 valence electrons. The van der Waals surface area contributed by atoms with Gasteiger partial charge in [-0.3, -0.25) is 0 Å². The zero-order chi connectivity index (χ0) is 16.6. The molecule has 0 aromatic heterocycles. The first kappa shape index (κ1) is 21.2. The second-order valence-electron chi connectivity index (χ2n) is 6.01. The normalized spacial score (nSPS) is 12.4. The van der Waals surface area contributed by atoms with E-state index in [0.717, 1.165) is 32.5 Å². The second kappa shape index (κ2) is 15.1. The van der Waals surface area contributed by atoms with E-state index >= 15 is 0 Å². The molecule has 0 aromatic rings. The van der Waals surface area contributed by atoms with Crippen LogP contribution < -0.4 is 0 Å². The SMILES string of the molecule is C=CC(=O)OC(CCCCCCCCCC)CN(CC)CC. The molecule has 0 spiro atoms. The van der Waals surface area contributed by atoms with Gasteiger partial charge >= 0.3 is 5.97 Å². The van der Waals surface area contributed by atoms with E-state index in [9.17, 15) is 4.79 Å².